The van der Waals surface area contributed by atoms with Crippen LogP contribution in [0.25, 0.3) is 0 Å². The van der Waals surface area contributed by atoms with Gasteiger partial charge in [0.25, 0.3) is 0 Å². The molecule has 0 aromatic heterocycles. The molecule has 1 aromatic rings. The average molecular weight is 350 g/mol. The number of carbonyl (C=O) groups is 1. The van der Waals surface area contributed by atoms with Gasteiger partial charge in [0.15, 0.2) is 0 Å². The monoisotopic (exact) mass is 350 g/mol. The summed E-state index contributed by atoms with van der Waals surface area (Å²) in [5.74, 6) is 2.45. The molecular weight excluding hydrogens is 324 g/mol. The van der Waals surface area contributed by atoms with Crippen molar-refractivity contribution in [2.24, 2.45) is 0 Å². The van der Waals surface area contributed by atoms with Gasteiger partial charge in [0.1, 0.15) is 5.75 Å². The van der Waals surface area contributed by atoms with Crippen molar-refractivity contribution in [3.05, 3.63) is 29.3 Å². The number of nitrogens with zero attached hydrogens (tertiary/aromatic N) is 1. The fourth-order valence-electron chi connectivity index (χ4n) is 3.27. The van der Waals surface area contributed by atoms with Crippen LogP contribution in [0.1, 0.15) is 25.0 Å². The summed E-state index contributed by atoms with van der Waals surface area (Å²) in [6.07, 6.45) is 1.32. The number of carbonyl (C=O) groups excluding carboxylic acids is 1. The molecule has 0 radical (unpaired) electrons. The summed E-state index contributed by atoms with van der Waals surface area (Å²) >= 11 is 0. The van der Waals surface area contributed by atoms with Crippen LogP contribution >= 0.6 is 0 Å². The predicted octanol–water partition coefficient (Wildman–Crippen LogP) is 1.12. The highest BCUT2D eigenvalue weighted by atomic mass is 32.2. The minimum atomic E-state index is -0.674. The summed E-state index contributed by atoms with van der Waals surface area (Å²) in [4.78, 5) is 14.6. The van der Waals surface area contributed by atoms with Gasteiger partial charge in [0.05, 0.1) is 13.0 Å². The Morgan fingerprint density at radius 3 is 2.83 bits per heavy atom. The Kier molecular flexibility index (Phi) is 5.25. The van der Waals surface area contributed by atoms with E-state index in [0.717, 1.165) is 48.9 Å². The lowest BCUT2D eigenvalue weighted by atomic mass is 10.0. The number of hydrogen-bond donors (Lipinski definition) is 1. The first-order valence-corrected chi connectivity index (χ1v) is 10.0. The van der Waals surface area contributed by atoms with Crippen molar-refractivity contribution in [2.45, 2.75) is 32.2 Å². The number of benzene rings is 1. The maximum absolute atomic E-state index is 12.3. The minimum Gasteiger partial charge on any atom is -0.493 e. The van der Waals surface area contributed by atoms with Crippen LogP contribution in [-0.2, 0) is 28.4 Å². The SMILES string of the molecule is CC(C)(CNC(=O)Cc1ccc2c(c1)CCO2)N1CCS(=O)CC1. The van der Waals surface area contributed by atoms with Crippen LogP contribution < -0.4 is 10.1 Å². The molecule has 0 spiro atoms. The molecule has 1 aromatic carbocycles. The molecular formula is C18H26N2O3S. The minimum absolute atomic E-state index is 0.0440. The van der Waals surface area contributed by atoms with Gasteiger partial charge in [0.2, 0.25) is 5.91 Å². The molecule has 0 unspecified atom stereocenters. The fourth-order valence-corrected chi connectivity index (χ4v) is 4.32. The van der Waals surface area contributed by atoms with Crippen LogP contribution in [0.15, 0.2) is 18.2 Å². The highest BCUT2D eigenvalue weighted by Crippen LogP contribution is 2.26. The van der Waals surface area contributed by atoms with E-state index < -0.39 is 10.8 Å². The normalized spacial score (nSPS) is 18.9. The predicted molar refractivity (Wildman–Crippen MR) is 95.9 cm³/mol. The van der Waals surface area contributed by atoms with Crippen molar-refractivity contribution in [1.82, 2.24) is 10.2 Å². The molecule has 0 saturated carbocycles. The molecule has 0 atom stereocenters. The van der Waals surface area contributed by atoms with Gasteiger partial charge in [-0.1, -0.05) is 12.1 Å². The molecule has 132 valence electrons. The lowest BCUT2D eigenvalue weighted by Gasteiger charge is -2.40. The number of fused-ring (bicyclic) bond motifs is 1. The van der Waals surface area contributed by atoms with Gasteiger partial charge >= 0.3 is 0 Å². The average Bonchev–Trinajstić information content (AvgIpc) is 3.01. The number of amides is 1. The van der Waals surface area contributed by atoms with Crippen molar-refractivity contribution in [3.8, 4) is 5.75 Å². The van der Waals surface area contributed by atoms with Crippen LogP contribution in [0.3, 0.4) is 0 Å². The highest BCUT2D eigenvalue weighted by molar-refractivity contribution is 7.85. The molecule has 1 saturated heterocycles. The van der Waals surface area contributed by atoms with Gasteiger partial charge < -0.3 is 10.1 Å². The Morgan fingerprint density at radius 1 is 1.33 bits per heavy atom. The summed E-state index contributed by atoms with van der Waals surface area (Å²) in [5, 5.41) is 3.06. The molecule has 2 heterocycles. The molecule has 24 heavy (non-hydrogen) atoms. The van der Waals surface area contributed by atoms with E-state index in [2.05, 4.69) is 30.1 Å². The standard InChI is InChI=1S/C18H26N2O3S/c1-18(2,20-6-9-24(22)10-7-20)13-19-17(21)12-14-3-4-16-15(11-14)5-8-23-16/h3-4,11H,5-10,12-13H2,1-2H3,(H,19,21). The van der Waals surface area contributed by atoms with E-state index in [1.54, 1.807) is 0 Å². The third-order valence-corrected chi connectivity index (χ3v) is 6.15. The zero-order valence-electron chi connectivity index (χ0n) is 14.5. The molecule has 1 amide bonds. The second-order valence-electron chi connectivity index (χ2n) is 7.14. The number of rotatable bonds is 5. The van der Waals surface area contributed by atoms with E-state index in [0.29, 0.717) is 13.0 Å². The Labute approximate surface area is 146 Å². The van der Waals surface area contributed by atoms with Crippen molar-refractivity contribution >= 4 is 16.7 Å². The zero-order valence-corrected chi connectivity index (χ0v) is 15.3. The maximum atomic E-state index is 12.3. The van der Waals surface area contributed by atoms with Gasteiger partial charge in [0, 0.05) is 53.9 Å². The summed E-state index contributed by atoms with van der Waals surface area (Å²) in [6.45, 7) is 7.27. The van der Waals surface area contributed by atoms with Crippen LogP contribution in [0.5, 0.6) is 5.75 Å². The largest absolute Gasteiger partial charge is 0.493 e. The topological polar surface area (TPSA) is 58.6 Å². The lowest BCUT2D eigenvalue weighted by molar-refractivity contribution is -0.121. The Balaban J connectivity index is 1.50. The smallest absolute Gasteiger partial charge is 0.224 e. The van der Waals surface area contributed by atoms with Crippen molar-refractivity contribution < 1.29 is 13.7 Å². The second kappa shape index (κ2) is 7.23. The van der Waals surface area contributed by atoms with Gasteiger partial charge in [-0.25, -0.2) is 0 Å². The van der Waals surface area contributed by atoms with Crippen LogP contribution in [0, 0.1) is 0 Å². The Hall–Kier alpha value is -1.40. The molecule has 2 aliphatic heterocycles. The van der Waals surface area contributed by atoms with E-state index in [9.17, 15) is 9.00 Å². The van der Waals surface area contributed by atoms with E-state index >= 15 is 0 Å². The second-order valence-corrected chi connectivity index (χ2v) is 8.84. The summed E-state index contributed by atoms with van der Waals surface area (Å²) in [7, 11) is -0.674. The molecule has 1 N–H and O–H groups in total. The van der Waals surface area contributed by atoms with Crippen LogP contribution in [-0.4, -0.2) is 58.3 Å². The van der Waals surface area contributed by atoms with Gasteiger partial charge in [-0.15, -0.1) is 0 Å². The van der Waals surface area contributed by atoms with Crippen LogP contribution in [0.2, 0.25) is 0 Å². The Bertz CT molecular complexity index is 635. The van der Waals surface area contributed by atoms with E-state index in [-0.39, 0.29) is 11.4 Å². The first-order chi connectivity index (χ1) is 11.4. The van der Waals surface area contributed by atoms with Crippen molar-refractivity contribution in [3.63, 3.8) is 0 Å². The third kappa shape index (κ3) is 4.16. The number of hydrogen-bond acceptors (Lipinski definition) is 4. The molecule has 5 nitrogen and oxygen atoms in total. The zero-order chi connectivity index (χ0) is 17.2. The first-order valence-electron chi connectivity index (χ1n) is 8.55. The van der Waals surface area contributed by atoms with E-state index in [1.807, 2.05) is 12.1 Å². The highest BCUT2D eigenvalue weighted by Gasteiger charge is 2.30. The van der Waals surface area contributed by atoms with Gasteiger partial charge in [-0.3, -0.25) is 13.9 Å². The maximum Gasteiger partial charge on any atom is 0.224 e. The number of nitrogens with one attached hydrogen (secondary N) is 1. The lowest BCUT2D eigenvalue weighted by Crippen LogP contribution is -2.55. The molecule has 0 aliphatic carbocycles. The third-order valence-electron chi connectivity index (χ3n) is 4.87. The van der Waals surface area contributed by atoms with Crippen molar-refractivity contribution in [2.75, 3.05) is 37.7 Å². The first kappa shape index (κ1) is 17.4. The molecule has 3 rings (SSSR count). The van der Waals surface area contributed by atoms with Gasteiger partial charge in [-0.2, -0.15) is 0 Å². The Morgan fingerprint density at radius 2 is 2.08 bits per heavy atom. The molecule has 0 bridgehead atoms. The molecule has 1 fully saturated rings. The quantitative estimate of drug-likeness (QED) is 0.865. The van der Waals surface area contributed by atoms with Gasteiger partial charge in [-0.05, 0) is 31.0 Å². The van der Waals surface area contributed by atoms with E-state index in [1.165, 1.54) is 5.56 Å². The van der Waals surface area contributed by atoms with E-state index in [4.69, 9.17) is 4.74 Å². The van der Waals surface area contributed by atoms with Crippen molar-refractivity contribution in [1.29, 1.82) is 0 Å². The molecule has 6 heteroatoms. The van der Waals surface area contributed by atoms with Crippen LogP contribution in [0.4, 0.5) is 0 Å². The summed E-state index contributed by atoms with van der Waals surface area (Å²) < 4.78 is 17.0. The fraction of sp³-hybridized carbons (Fsp3) is 0.611. The summed E-state index contributed by atoms with van der Waals surface area (Å²) in [5.41, 5.74) is 2.11. The molecule has 2 aliphatic rings. The summed E-state index contributed by atoms with van der Waals surface area (Å²) in [6, 6.07) is 6.00. The number of ether oxygens (including phenoxy) is 1.